The van der Waals surface area contributed by atoms with Gasteiger partial charge in [0.1, 0.15) is 11.5 Å². The minimum Gasteiger partial charge on any atom is -0.497 e. The number of methoxy groups -OCH3 is 1. The van der Waals surface area contributed by atoms with Crippen molar-refractivity contribution < 1.29 is 19.1 Å². The molecule has 110 valence electrons. The molecule has 21 heavy (non-hydrogen) atoms. The summed E-state index contributed by atoms with van der Waals surface area (Å²) < 4.78 is 24.7. The molecule has 0 unspecified atom stereocenters. The highest BCUT2D eigenvalue weighted by atomic mass is 79.9. The molecular formula is C14H12BrFN2O3. The van der Waals surface area contributed by atoms with Gasteiger partial charge < -0.3 is 20.4 Å². The summed E-state index contributed by atoms with van der Waals surface area (Å²) in [5.74, 6) is 0.303. The van der Waals surface area contributed by atoms with Gasteiger partial charge in [0.2, 0.25) is 0 Å². The molecule has 0 fully saturated rings. The molecular weight excluding hydrogens is 343 g/mol. The number of amidine groups is 1. The van der Waals surface area contributed by atoms with E-state index in [0.29, 0.717) is 11.5 Å². The van der Waals surface area contributed by atoms with Crippen molar-refractivity contribution in [1.29, 1.82) is 0 Å². The third kappa shape index (κ3) is 3.25. The molecule has 7 heteroatoms. The molecule has 2 aromatic carbocycles. The Morgan fingerprint density at radius 2 is 1.81 bits per heavy atom. The summed E-state index contributed by atoms with van der Waals surface area (Å²) in [6.45, 7) is 0. The van der Waals surface area contributed by atoms with Crippen LogP contribution in [0.3, 0.4) is 0 Å². The Morgan fingerprint density at radius 3 is 2.38 bits per heavy atom. The maximum absolute atomic E-state index is 14.2. The van der Waals surface area contributed by atoms with Crippen LogP contribution in [0.2, 0.25) is 0 Å². The van der Waals surface area contributed by atoms with Crippen molar-refractivity contribution in [2.45, 2.75) is 0 Å². The maximum Gasteiger partial charge on any atom is 0.180 e. The van der Waals surface area contributed by atoms with Crippen LogP contribution in [0.15, 0.2) is 46.0 Å². The number of halogens is 2. The first-order valence-corrected chi connectivity index (χ1v) is 6.64. The Bertz CT molecular complexity index is 675. The summed E-state index contributed by atoms with van der Waals surface area (Å²) in [4.78, 5) is 0. The standard InChI is InChI=1S/C14H12BrFN2O3/c1-20-8-2-4-9(5-3-8)21-11-7-6-10(14(17)18-19)12(15)13(11)16/h2-7,19H,1H3,(H2,17,18). The molecule has 0 amide bonds. The highest BCUT2D eigenvalue weighted by Gasteiger charge is 2.15. The first kappa shape index (κ1) is 15.1. The van der Waals surface area contributed by atoms with Crippen molar-refractivity contribution in [2.24, 2.45) is 10.9 Å². The zero-order chi connectivity index (χ0) is 15.4. The summed E-state index contributed by atoms with van der Waals surface area (Å²) in [5.41, 5.74) is 5.68. The van der Waals surface area contributed by atoms with Crippen LogP contribution in [-0.2, 0) is 0 Å². The average molecular weight is 355 g/mol. The molecule has 0 aliphatic heterocycles. The monoisotopic (exact) mass is 354 g/mol. The van der Waals surface area contributed by atoms with E-state index in [1.807, 2.05) is 0 Å². The zero-order valence-electron chi connectivity index (χ0n) is 11.0. The van der Waals surface area contributed by atoms with E-state index in [1.54, 1.807) is 31.4 Å². The number of rotatable bonds is 4. The number of oxime groups is 1. The van der Waals surface area contributed by atoms with E-state index >= 15 is 0 Å². The molecule has 0 aliphatic carbocycles. The molecule has 0 saturated carbocycles. The van der Waals surface area contributed by atoms with Crippen LogP contribution in [0.5, 0.6) is 17.2 Å². The summed E-state index contributed by atoms with van der Waals surface area (Å²) in [7, 11) is 1.55. The highest BCUT2D eigenvalue weighted by molar-refractivity contribution is 9.10. The minimum absolute atomic E-state index is 0.0153. The fourth-order valence-corrected chi connectivity index (χ4v) is 2.16. The van der Waals surface area contributed by atoms with Crippen LogP contribution in [0.25, 0.3) is 0 Å². The summed E-state index contributed by atoms with van der Waals surface area (Å²) in [6, 6.07) is 9.60. The second-order valence-corrected chi connectivity index (χ2v) is 4.80. The molecule has 0 bridgehead atoms. The Kier molecular flexibility index (Phi) is 4.64. The van der Waals surface area contributed by atoms with Crippen molar-refractivity contribution >= 4 is 21.8 Å². The van der Waals surface area contributed by atoms with Gasteiger partial charge in [-0.2, -0.15) is 0 Å². The third-order valence-corrected chi connectivity index (χ3v) is 3.49. The van der Waals surface area contributed by atoms with Crippen molar-refractivity contribution in [1.82, 2.24) is 0 Å². The predicted octanol–water partition coefficient (Wildman–Crippen LogP) is 3.48. The number of benzene rings is 2. The molecule has 3 N–H and O–H groups in total. The van der Waals surface area contributed by atoms with Gasteiger partial charge in [-0.05, 0) is 52.3 Å². The normalized spacial score (nSPS) is 11.3. The Balaban J connectivity index is 2.30. The lowest BCUT2D eigenvalue weighted by atomic mass is 10.2. The molecule has 5 nitrogen and oxygen atoms in total. The van der Waals surface area contributed by atoms with Crippen LogP contribution in [0.4, 0.5) is 4.39 Å². The Hall–Kier alpha value is -2.28. The quantitative estimate of drug-likeness (QED) is 0.381. The number of ether oxygens (including phenoxy) is 2. The van der Waals surface area contributed by atoms with Gasteiger partial charge >= 0.3 is 0 Å². The lowest BCUT2D eigenvalue weighted by molar-refractivity contribution is 0.318. The van der Waals surface area contributed by atoms with Gasteiger partial charge in [-0.25, -0.2) is 4.39 Å². The van der Waals surface area contributed by atoms with Gasteiger partial charge in [-0.15, -0.1) is 0 Å². The van der Waals surface area contributed by atoms with Gasteiger partial charge in [-0.1, -0.05) is 5.16 Å². The third-order valence-electron chi connectivity index (χ3n) is 2.72. The van der Waals surface area contributed by atoms with Gasteiger partial charge in [0.15, 0.2) is 17.4 Å². The smallest absolute Gasteiger partial charge is 0.180 e. The molecule has 0 aromatic heterocycles. The maximum atomic E-state index is 14.2. The van der Waals surface area contributed by atoms with Crippen molar-refractivity contribution in [3.63, 3.8) is 0 Å². The van der Waals surface area contributed by atoms with E-state index < -0.39 is 5.82 Å². The van der Waals surface area contributed by atoms with Crippen molar-refractivity contribution in [3.8, 4) is 17.2 Å². The topological polar surface area (TPSA) is 77.1 Å². The van der Waals surface area contributed by atoms with Crippen LogP contribution in [0, 0.1) is 5.82 Å². The molecule has 0 saturated heterocycles. The highest BCUT2D eigenvalue weighted by Crippen LogP contribution is 2.32. The largest absolute Gasteiger partial charge is 0.497 e. The summed E-state index contributed by atoms with van der Waals surface area (Å²) in [6.07, 6.45) is 0. The number of nitrogens with two attached hydrogens (primary N) is 1. The molecule has 2 rings (SSSR count). The van der Waals surface area contributed by atoms with Gasteiger partial charge in [-0.3, -0.25) is 0 Å². The van der Waals surface area contributed by atoms with Crippen molar-refractivity contribution in [3.05, 3.63) is 52.3 Å². The number of nitrogens with zero attached hydrogens (tertiary/aromatic N) is 1. The lowest BCUT2D eigenvalue weighted by Gasteiger charge is -2.10. The van der Waals surface area contributed by atoms with E-state index in [1.165, 1.54) is 12.1 Å². The second-order valence-electron chi connectivity index (χ2n) is 4.00. The fraction of sp³-hybridized carbons (Fsp3) is 0.0714. The Morgan fingerprint density at radius 1 is 1.19 bits per heavy atom. The summed E-state index contributed by atoms with van der Waals surface area (Å²) >= 11 is 3.06. The minimum atomic E-state index is -0.644. The van der Waals surface area contributed by atoms with Gasteiger partial charge in [0, 0.05) is 5.56 Å². The predicted molar refractivity (Wildman–Crippen MR) is 79.7 cm³/mol. The number of hydrogen-bond acceptors (Lipinski definition) is 4. The first-order valence-electron chi connectivity index (χ1n) is 5.84. The average Bonchev–Trinajstić information content (AvgIpc) is 2.52. The van der Waals surface area contributed by atoms with E-state index in [9.17, 15) is 4.39 Å². The van der Waals surface area contributed by atoms with E-state index in [4.69, 9.17) is 20.4 Å². The fourth-order valence-electron chi connectivity index (χ4n) is 1.63. The van der Waals surface area contributed by atoms with Crippen LogP contribution >= 0.6 is 15.9 Å². The second kappa shape index (κ2) is 6.45. The molecule has 2 aromatic rings. The summed E-state index contributed by atoms with van der Waals surface area (Å²) in [5, 5.41) is 11.5. The first-order chi connectivity index (χ1) is 10.1. The van der Waals surface area contributed by atoms with Crippen molar-refractivity contribution in [2.75, 3.05) is 7.11 Å². The van der Waals surface area contributed by atoms with E-state index in [2.05, 4.69) is 21.1 Å². The Labute approximate surface area is 128 Å². The lowest BCUT2D eigenvalue weighted by Crippen LogP contribution is -2.14. The van der Waals surface area contributed by atoms with Crippen LogP contribution in [0.1, 0.15) is 5.56 Å². The molecule has 0 radical (unpaired) electrons. The zero-order valence-corrected chi connectivity index (χ0v) is 12.6. The van der Waals surface area contributed by atoms with E-state index in [0.717, 1.165) is 0 Å². The van der Waals surface area contributed by atoms with Crippen LogP contribution in [-0.4, -0.2) is 18.2 Å². The molecule has 0 aliphatic rings. The van der Waals surface area contributed by atoms with Gasteiger partial charge in [0.05, 0.1) is 11.6 Å². The molecule has 0 atom stereocenters. The van der Waals surface area contributed by atoms with Gasteiger partial charge in [0.25, 0.3) is 0 Å². The van der Waals surface area contributed by atoms with E-state index in [-0.39, 0.29) is 21.6 Å². The number of hydrogen-bond donors (Lipinski definition) is 2. The SMILES string of the molecule is COc1ccc(Oc2ccc(/C(N)=N/O)c(Br)c2F)cc1. The molecule has 0 heterocycles. The molecule has 0 spiro atoms. The van der Waals surface area contributed by atoms with Crippen LogP contribution < -0.4 is 15.2 Å².